The zero-order chi connectivity index (χ0) is 11.8. The monoisotopic (exact) mass is 238 g/mol. The standard InChI is InChI=1S/C13H22N2S/c1-4-8-16-13-12(6-5-7-15-13)10-14-9-11(2)3/h5-7,11,14H,4,8-10H2,1-3H3. The third-order valence-electron chi connectivity index (χ3n) is 2.16. The van der Waals surface area contributed by atoms with Crippen LogP contribution in [-0.2, 0) is 6.54 Å². The molecule has 0 aliphatic heterocycles. The Morgan fingerprint density at radius 2 is 2.25 bits per heavy atom. The molecule has 1 rings (SSSR count). The lowest BCUT2D eigenvalue weighted by atomic mass is 10.2. The summed E-state index contributed by atoms with van der Waals surface area (Å²) in [5.41, 5.74) is 1.32. The molecule has 1 N–H and O–H groups in total. The Balaban J connectivity index is 2.49. The van der Waals surface area contributed by atoms with Gasteiger partial charge in [0.2, 0.25) is 0 Å². The van der Waals surface area contributed by atoms with Crippen molar-refractivity contribution in [1.82, 2.24) is 10.3 Å². The Hall–Kier alpha value is -0.540. The number of rotatable bonds is 7. The second-order valence-electron chi connectivity index (χ2n) is 4.34. The zero-order valence-electron chi connectivity index (χ0n) is 10.5. The van der Waals surface area contributed by atoms with Gasteiger partial charge in [0.05, 0.1) is 0 Å². The zero-order valence-corrected chi connectivity index (χ0v) is 11.3. The van der Waals surface area contributed by atoms with Gasteiger partial charge >= 0.3 is 0 Å². The van der Waals surface area contributed by atoms with Crippen LogP contribution >= 0.6 is 11.8 Å². The number of aromatic nitrogens is 1. The Labute approximate surface area is 103 Å². The maximum atomic E-state index is 4.44. The molecule has 3 heteroatoms. The van der Waals surface area contributed by atoms with Crippen LogP contribution in [0, 0.1) is 5.92 Å². The highest BCUT2D eigenvalue weighted by Gasteiger charge is 2.03. The van der Waals surface area contributed by atoms with E-state index in [1.807, 2.05) is 24.0 Å². The summed E-state index contributed by atoms with van der Waals surface area (Å²) in [6.07, 6.45) is 3.07. The van der Waals surface area contributed by atoms with Gasteiger partial charge in [0.15, 0.2) is 0 Å². The van der Waals surface area contributed by atoms with Crippen molar-refractivity contribution in [3.05, 3.63) is 23.9 Å². The molecule has 0 saturated heterocycles. The van der Waals surface area contributed by atoms with E-state index in [0.29, 0.717) is 5.92 Å². The van der Waals surface area contributed by atoms with Gasteiger partial charge in [0, 0.05) is 12.7 Å². The fraction of sp³-hybridized carbons (Fsp3) is 0.615. The van der Waals surface area contributed by atoms with Crippen LogP contribution < -0.4 is 5.32 Å². The molecule has 1 aromatic rings. The summed E-state index contributed by atoms with van der Waals surface area (Å²) in [4.78, 5) is 4.44. The van der Waals surface area contributed by atoms with E-state index in [1.165, 1.54) is 17.0 Å². The third kappa shape index (κ3) is 4.99. The molecule has 0 atom stereocenters. The molecule has 0 spiro atoms. The Morgan fingerprint density at radius 3 is 2.94 bits per heavy atom. The molecule has 0 aromatic carbocycles. The van der Waals surface area contributed by atoms with Gasteiger partial charge in [-0.1, -0.05) is 26.8 Å². The Morgan fingerprint density at radius 1 is 1.44 bits per heavy atom. The Bertz CT molecular complexity index is 300. The molecule has 0 amide bonds. The summed E-state index contributed by atoms with van der Waals surface area (Å²) in [7, 11) is 0. The molecule has 2 nitrogen and oxygen atoms in total. The van der Waals surface area contributed by atoms with Crippen molar-refractivity contribution in [1.29, 1.82) is 0 Å². The molecule has 0 bridgehead atoms. The number of nitrogens with one attached hydrogen (secondary N) is 1. The summed E-state index contributed by atoms with van der Waals surface area (Å²) in [5.74, 6) is 1.84. The van der Waals surface area contributed by atoms with Crippen LogP contribution in [-0.4, -0.2) is 17.3 Å². The van der Waals surface area contributed by atoms with Crippen molar-refractivity contribution >= 4 is 11.8 Å². The molecular weight excluding hydrogens is 216 g/mol. The van der Waals surface area contributed by atoms with Crippen molar-refractivity contribution < 1.29 is 0 Å². The normalized spacial score (nSPS) is 11.0. The molecule has 1 heterocycles. The van der Waals surface area contributed by atoms with E-state index >= 15 is 0 Å². The van der Waals surface area contributed by atoms with E-state index in [-0.39, 0.29) is 0 Å². The summed E-state index contributed by atoms with van der Waals surface area (Å²) in [6, 6.07) is 4.18. The van der Waals surface area contributed by atoms with Crippen LogP contribution in [0.3, 0.4) is 0 Å². The van der Waals surface area contributed by atoms with Crippen LogP contribution in [0.15, 0.2) is 23.4 Å². The lowest BCUT2D eigenvalue weighted by Gasteiger charge is -2.10. The summed E-state index contributed by atoms with van der Waals surface area (Å²) in [6.45, 7) is 8.64. The van der Waals surface area contributed by atoms with E-state index < -0.39 is 0 Å². The van der Waals surface area contributed by atoms with Crippen LogP contribution in [0.4, 0.5) is 0 Å². The lowest BCUT2D eigenvalue weighted by Crippen LogP contribution is -2.19. The van der Waals surface area contributed by atoms with Crippen molar-refractivity contribution in [2.24, 2.45) is 5.92 Å². The molecule has 1 aromatic heterocycles. The van der Waals surface area contributed by atoms with E-state index in [9.17, 15) is 0 Å². The fourth-order valence-corrected chi connectivity index (χ4v) is 2.24. The highest BCUT2D eigenvalue weighted by molar-refractivity contribution is 7.99. The molecule has 16 heavy (non-hydrogen) atoms. The Kier molecular flexibility index (Phi) is 6.50. The second kappa shape index (κ2) is 7.69. The van der Waals surface area contributed by atoms with Gasteiger partial charge in [-0.25, -0.2) is 4.98 Å². The number of hydrogen-bond acceptors (Lipinski definition) is 3. The number of nitrogens with zero attached hydrogens (tertiary/aromatic N) is 1. The van der Waals surface area contributed by atoms with E-state index in [4.69, 9.17) is 0 Å². The molecule has 90 valence electrons. The first kappa shape index (κ1) is 13.5. The van der Waals surface area contributed by atoms with E-state index in [0.717, 1.165) is 18.8 Å². The maximum absolute atomic E-state index is 4.44. The van der Waals surface area contributed by atoms with Crippen molar-refractivity contribution in [2.75, 3.05) is 12.3 Å². The SMILES string of the molecule is CCCSc1ncccc1CNCC(C)C. The summed E-state index contributed by atoms with van der Waals surface area (Å²) in [5, 5.41) is 4.65. The lowest BCUT2D eigenvalue weighted by molar-refractivity contribution is 0.549. The molecule has 0 saturated carbocycles. The molecular formula is C13H22N2S. The third-order valence-corrected chi connectivity index (χ3v) is 3.41. The first-order valence-corrected chi connectivity index (χ1v) is 7.00. The first-order chi connectivity index (χ1) is 7.74. The minimum absolute atomic E-state index is 0.698. The van der Waals surface area contributed by atoms with Gasteiger partial charge in [-0.05, 0) is 36.3 Å². The van der Waals surface area contributed by atoms with Crippen molar-refractivity contribution in [3.63, 3.8) is 0 Å². The van der Waals surface area contributed by atoms with Gasteiger partial charge in [0.25, 0.3) is 0 Å². The van der Waals surface area contributed by atoms with Crippen LogP contribution in [0.1, 0.15) is 32.8 Å². The minimum Gasteiger partial charge on any atom is -0.312 e. The smallest absolute Gasteiger partial charge is 0.100 e. The average molecular weight is 238 g/mol. The summed E-state index contributed by atoms with van der Waals surface area (Å²) < 4.78 is 0. The molecule has 0 aliphatic rings. The summed E-state index contributed by atoms with van der Waals surface area (Å²) >= 11 is 1.85. The quantitative estimate of drug-likeness (QED) is 0.738. The fourth-order valence-electron chi connectivity index (χ4n) is 1.38. The highest BCUT2D eigenvalue weighted by Crippen LogP contribution is 2.20. The van der Waals surface area contributed by atoms with Crippen LogP contribution in [0.2, 0.25) is 0 Å². The predicted octanol–water partition coefficient (Wildman–Crippen LogP) is 3.33. The largest absolute Gasteiger partial charge is 0.312 e. The maximum Gasteiger partial charge on any atom is 0.100 e. The number of thioether (sulfide) groups is 1. The van der Waals surface area contributed by atoms with Gasteiger partial charge < -0.3 is 5.32 Å². The predicted molar refractivity (Wildman–Crippen MR) is 71.8 cm³/mol. The molecule has 0 radical (unpaired) electrons. The van der Waals surface area contributed by atoms with Gasteiger partial charge in [-0.3, -0.25) is 0 Å². The van der Waals surface area contributed by atoms with Crippen LogP contribution in [0.5, 0.6) is 0 Å². The molecule has 0 aliphatic carbocycles. The minimum atomic E-state index is 0.698. The van der Waals surface area contributed by atoms with Gasteiger partial charge in [0.1, 0.15) is 5.03 Å². The average Bonchev–Trinajstić information content (AvgIpc) is 2.27. The highest BCUT2D eigenvalue weighted by atomic mass is 32.2. The van der Waals surface area contributed by atoms with Gasteiger partial charge in [-0.15, -0.1) is 11.8 Å². The van der Waals surface area contributed by atoms with E-state index in [1.54, 1.807) is 0 Å². The van der Waals surface area contributed by atoms with E-state index in [2.05, 4.69) is 37.1 Å². The number of hydrogen-bond donors (Lipinski definition) is 1. The van der Waals surface area contributed by atoms with Gasteiger partial charge in [-0.2, -0.15) is 0 Å². The topological polar surface area (TPSA) is 24.9 Å². The second-order valence-corrected chi connectivity index (χ2v) is 5.42. The molecule has 0 unspecified atom stereocenters. The molecule has 0 fully saturated rings. The number of pyridine rings is 1. The first-order valence-electron chi connectivity index (χ1n) is 6.01. The van der Waals surface area contributed by atoms with Crippen molar-refractivity contribution in [3.8, 4) is 0 Å². The van der Waals surface area contributed by atoms with Crippen molar-refractivity contribution in [2.45, 2.75) is 38.8 Å². The van der Waals surface area contributed by atoms with Crippen LogP contribution in [0.25, 0.3) is 0 Å².